The number of carboxylic acids is 1. The van der Waals surface area contributed by atoms with Crippen molar-refractivity contribution in [2.24, 2.45) is 7.05 Å². The molecule has 19 heavy (non-hydrogen) atoms. The molecule has 0 saturated carbocycles. The molecule has 0 atom stereocenters. The Balaban J connectivity index is 2.32. The monoisotopic (exact) mass is 370 g/mol. The second-order valence-electron chi connectivity index (χ2n) is 3.95. The number of carboxylic acid groups (broad SMARTS) is 1. The molecule has 98 valence electrons. The van der Waals surface area contributed by atoms with Gasteiger partial charge in [0.2, 0.25) is 0 Å². The van der Waals surface area contributed by atoms with E-state index >= 15 is 0 Å². The van der Waals surface area contributed by atoms with Crippen LogP contribution in [0.3, 0.4) is 0 Å². The molecule has 2 N–H and O–H groups in total. The van der Waals surface area contributed by atoms with E-state index in [9.17, 15) is 9.59 Å². The molecule has 0 aliphatic carbocycles. The normalized spacial score (nSPS) is 10.2. The lowest BCUT2D eigenvalue weighted by Gasteiger charge is -2.09. The van der Waals surface area contributed by atoms with Crippen molar-refractivity contribution in [3.05, 3.63) is 51.4 Å². The summed E-state index contributed by atoms with van der Waals surface area (Å²) in [5.41, 5.74) is 0.837. The molecule has 0 aliphatic rings. The molecule has 1 aromatic heterocycles. The van der Waals surface area contributed by atoms with E-state index in [-0.39, 0.29) is 11.5 Å². The van der Waals surface area contributed by atoms with Crippen LogP contribution in [0.25, 0.3) is 0 Å². The third-order valence-corrected chi connectivity index (χ3v) is 3.31. The number of carbonyl (C=O) groups is 2. The molecule has 0 aliphatic heterocycles. The van der Waals surface area contributed by atoms with Crippen LogP contribution in [0.1, 0.15) is 20.8 Å². The van der Waals surface area contributed by atoms with E-state index in [0.29, 0.717) is 11.4 Å². The minimum absolute atomic E-state index is 0.0782. The molecular formula is C13H11IN2O3. The summed E-state index contributed by atoms with van der Waals surface area (Å²) in [7, 11) is 1.75. The number of aryl methyl sites for hydroxylation is 1. The fourth-order valence-electron chi connectivity index (χ4n) is 1.69. The average Bonchev–Trinajstić information content (AvgIpc) is 2.77. The molecule has 1 heterocycles. The Kier molecular flexibility index (Phi) is 3.89. The molecule has 1 amide bonds. The van der Waals surface area contributed by atoms with E-state index in [1.165, 1.54) is 6.07 Å². The summed E-state index contributed by atoms with van der Waals surface area (Å²) >= 11 is 2.02. The highest BCUT2D eigenvalue weighted by Crippen LogP contribution is 2.19. The maximum absolute atomic E-state index is 12.0. The number of benzene rings is 1. The van der Waals surface area contributed by atoms with Crippen molar-refractivity contribution in [2.45, 2.75) is 0 Å². The number of nitrogens with one attached hydrogen (secondary N) is 1. The number of nitrogens with zero attached hydrogens (tertiary/aromatic N) is 1. The maximum atomic E-state index is 12.0. The van der Waals surface area contributed by atoms with E-state index in [2.05, 4.69) is 5.32 Å². The van der Waals surface area contributed by atoms with Crippen molar-refractivity contribution >= 4 is 40.2 Å². The minimum Gasteiger partial charge on any atom is -0.478 e. The van der Waals surface area contributed by atoms with Crippen molar-refractivity contribution in [3.63, 3.8) is 0 Å². The predicted molar refractivity (Wildman–Crippen MR) is 79.5 cm³/mol. The minimum atomic E-state index is -1.07. The molecule has 2 rings (SSSR count). The Morgan fingerprint density at radius 1 is 1.32 bits per heavy atom. The van der Waals surface area contributed by atoms with Crippen molar-refractivity contribution < 1.29 is 14.7 Å². The summed E-state index contributed by atoms with van der Waals surface area (Å²) in [5.74, 6) is -1.41. The summed E-state index contributed by atoms with van der Waals surface area (Å²) in [6.07, 6.45) is 1.75. The number of halogens is 1. The second-order valence-corrected chi connectivity index (χ2v) is 5.20. The van der Waals surface area contributed by atoms with Gasteiger partial charge in [-0.05, 0) is 52.9 Å². The lowest BCUT2D eigenvalue weighted by atomic mass is 10.2. The Morgan fingerprint density at radius 2 is 2.05 bits per heavy atom. The number of aromatic nitrogens is 1. The summed E-state index contributed by atoms with van der Waals surface area (Å²) in [5, 5.41) is 11.7. The van der Waals surface area contributed by atoms with Crippen molar-refractivity contribution in [1.82, 2.24) is 4.57 Å². The van der Waals surface area contributed by atoms with Gasteiger partial charge >= 0.3 is 5.97 Å². The van der Waals surface area contributed by atoms with Crippen LogP contribution in [0.4, 0.5) is 5.69 Å². The second kappa shape index (κ2) is 5.43. The quantitative estimate of drug-likeness (QED) is 0.816. The number of aromatic carboxylic acids is 1. The van der Waals surface area contributed by atoms with Gasteiger partial charge in [0.15, 0.2) is 0 Å². The highest BCUT2D eigenvalue weighted by Gasteiger charge is 2.15. The van der Waals surface area contributed by atoms with E-state index < -0.39 is 5.97 Å². The van der Waals surface area contributed by atoms with Crippen LogP contribution in [0.15, 0.2) is 36.5 Å². The van der Waals surface area contributed by atoms with Gasteiger partial charge < -0.3 is 15.0 Å². The van der Waals surface area contributed by atoms with Gasteiger partial charge in [0, 0.05) is 16.8 Å². The first-order valence-corrected chi connectivity index (χ1v) is 6.52. The van der Waals surface area contributed by atoms with Crippen LogP contribution in [0, 0.1) is 3.57 Å². The van der Waals surface area contributed by atoms with Crippen LogP contribution in [-0.2, 0) is 7.05 Å². The molecule has 0 bridgehead atoms. The van der Waals surface area contributed by atoms with E-state index in [1.807, 2.05) is 22.6 Å². The highest BCUT2D eigenvalue weighted by atomic mass is 127. The molecule has 2 aromatic rings. The highest BCUT2D eigenvalue weighted by molar-refractivity contribution is 14.1. The lowest BCUT2D eigenvalue weighted by molar-refractivity contribution is 0.0698. The number of anilines is 1. The van der Waals surface area contributed by atoms with Crippen LogP contribution in [0.5, 0.6) is 0 Å². The fourth-order valence-corrected chi connectivity index (χ4v) is 2.18. The fraction of sp³-hybridized carbons (Fsp3) is 0.0769. The number of rotatable bonds is 3. The molecule has 6 heteroatoms. The summed E-state index contributed by atoms with van der Waals surface area (Å²) < 4.78 is 2.47. The molecule has 0 radical (unpaired) electrons. The molecule has 0 unspecified atom stereocenters. The molecule has 0 spiro atoms. The first-order chi connectivity index (χ1) is 8.99. The third-order valence-electron chi connectivity index (χ3n) is 2.64. The van der Waals surface area contributed by atoms with E-state index in [1.54, 1.807) is 42.1 Å². The van der Waals surface area contributed by atoms with Gasteiger partial charge in [0.05, 0.1) is 11.3 Å². The topological polar surface area (TPSA) is 71.3 Å². The first-order valence-electron chi connectivity index (χ1n) is 5.44. The lowest BCUT2D eigenvalue weighted by Crippen LogP contribution is -2.17. The zero-order valence-corrected chi connectivity index (χ0v) is 12.2. The van der Waals surface area contributed by atoms with Crippen LogP contribution in [-0.4, -0.2) is 21.6 Å². The summed E-state index contributed by atoms with van der Waals surface area (Å²) in [6, 6.07) is 8.27. The van der Waals surface area contributed by atoms with Gasteiger partial charge in [-0.2, -0.15) is 0 Å². The Hall–Kier alpha value is -1.83. The van der Waals surface area contributed by atoms with Crippen LogP contribution in [0.2, 0.25) is 0 Å². The Bertz CT molecular complexity index is 649. The largest absolute Gasteiger partial charge is 0.478 e. The van der Waals surface area contributed by atoms with Crippen LogP contribution >= 0.6 is 22.6 Å². The SMILES string of the molecule is Cn1cccc1C(=O)Nc1ccc(I)cc1C(=O)O. The van der Waals surface area contributed by atoms with Gasteiger partial charge in [-0.25, -0.2) is 4.79 Å². The van der Waals surface area contributed by atoms with Crippen LogP contribution < -0.4 is 5.32 Å². The number of carbonyl (C=O) groups excluding carboxylic acids is 1. The summed E-state index contributed by atoms with van der Waals surface area (Å²) in [4.78, 5) is 23.2. The average molecular weight is 370 g/mol. The van der Waals surface area contributed by atoms with Gasteiger partial charge in [0.1, 0.15) is 5.69 Å². The smallest absolute Gasteiger partial charge is 0.337 e. The first kappa shape index (κ1) is 13.6. The molecule has 5 nitrogen and oxygen atoms in total. The van der Waals surface area contributed by atoms with Gasteiger partial charge in [0.25, 0.3) is 5.91 Å². The molecular weight excluding hydrogens is 359 g/mol. The molecule has 1 aromatic carbocycles. The zero-order valence-electron chi connectivity index (χ0n) is 10.1. The number of amides is 1. The van der Waals surface area contributed by atoms with Gasteiger partial charge in [-0.1, -0.05) is 0 Å². The molecule has 0 fully saturated rings. The van der Waals surface area contributed by atoms with Gasteiger partial charge in [-0.15, -0.1) is 0 Å². The Morgan fingerprint density at radius 3 is 2.63 bits per heavy atom. The number of hydrogen-bond donors (Lipinski definition) is 2. The third kappa shape index (κ3) is 2.95. The standard InChI is InChI=1S/C13H11IN2O3/c1-16-6-2-3-11(16)12(17)15-10-5-4-8(14)7-9(10)13(18)19/h2-7H,1H3,(H,15,17)(H,18,19). The van der Waals surface area contributed by atoms with Crippen molar-refractivity contribution in [2.75, 3.05) is 5.32 Å². The zero-order chi connectivity index (χ0) is 14.0. The molecule has 0 saturated heterocycles. The van der Waals surface area contributed by atoms with Crippen molar-refractivity contribution in [1.29, 1.82) is 0 Å². The number of hydrogen-bond acceptors (Lipinski definition) is 2. The van der Waals surface area contributed by atoms with E-state index in [4.69, 9.17) is 5.11 Å². The summed E-state index contributed by atoms with van der Waals surface area (Å²) in [6.45, 7) is 0. The van der Waals surface area contributed by atoms with Crippen molar-refractivity contribution in [3.8, 4) is 0 Å². The van der Waals surface area contributed by atoms with Gasteiger partial charge in [-0.3, -0.25) is 4.79 Å². The Labute approximate surface area is 123 Å². The predicted octanol–water partition coefficient (Wildman–Crippen LogP) is 2.58. The van der Waals surface area contributed by atoms with E-state index in [0.717, 1.165) is 3.57 Å². The maximum Gasteiger partial charge on any atom is 0.337 e.